The lowest BCUT2D eigenvalue weighted by atomic mass is 10.1. The second-order valence-electron chi connectivity index (χ2n) is 5.77. The van der Waals surface area contributed by atoms with Crippen LogP contribution in [0.2, 0.25) is 0 Å². The Morgan fingerprint density at radius 3 is 2.59 bits per heavy atom. The Hall–Kier alpha value is -3.98. The maximum atomic E-state index is 12.1. The summed E-state index contributed by atoms with van der Waals surface area (Å²) in [5.74, 6) is -1.22. The molecule has 0 aliphatic heterocycles. The molecule has 132 valence electrons. The van der Waals surface area contributed by atoms with Gasteiger partial charge < -0.3 is 5.32 Å². The van der Waals surface area contributed by atoms with Crippen molar-refractivity contribution in [1.29, 1.82) is 5.26 Å². The zero-order valence-electron chi connectivity index (χ0n) is 14.3. The van der Waals surface area contributed by atoms with E-state index in [0.29, 0.717) is 5.69 Å². The van der Waals surface area contributed by atoms with Gasteiger partial charge in [0.2, 0.25) is 5.91 Å². The highest BCUT2D eigenvalue weighted by Crippen LogP contribution is 2.16. The Bertz CT molecular complexity index is 1050. The Labute approximate surface area is 156 Å². The molecule has 3 aromatic rings. The van der Waals surface area contributed by atoms with Gasteiger partial charge in [-0.1, -0.05) is 48.5 Å². The third kappa shape index (κ3) is 4.77. The van der Waals surface area contributed by atoms with Gasteiger partial charge in [0, 0.05) is 11.6 Å². The summed E-state index contributed by atoms with van der Waals surface area (Å²) in [6.07, 6.45) is 2.93. The summed E-state index contributed by atoms with van der Waals surface area (Å²) >= 11 is 0. The minimum atomic E-state index is -0.750. The van der Waals surface area contributed by atoms with E-state index in [2.05, 4.69) is 15.6 Å². The molecule has 1 aromatic heterocycles. The van der Waals surface area contributed by atoms with Crippen LogP contribution in [0.4, 0.5) is 5.69 Å². The standard InChI is InChI=1S/C21H16N4O2/c22-12-17(21(27)25-20(26)10-15-6-2-1-3-7-15)13-23-18-11-16-8-4-5-9-19(16)24-14-18/h1-9,11,13-14,23H,10H2,(H,25,26,27). The molecule has 0 bridgehead atoms. The molecule has 0 atom stereocenters. The maximum absolute atomic E-state index is 12.1. The normalized spacial score (nSPS) is 10.9. The Kier molecular flexibility index (Phi) is 5.55. The van der Waals surface area contributed by atoms with Crippen LogP contribution in [0, 0.1) is 11.3 Å². The predicted molar refractivity (Wildman–Crippen MR) is 102 cm³/mol. The number of nitrogens with zero attached hydrogens (tertiary/aromatic N) is 2. The van der Waals surface area contributed by atoms with Crippen LogP contribution >= 0.6 is 0 Å². The van der Waals surface area contributed by atoms with Crippen molar-refractivity contribution in [2.45, 2.75) is 6.42 Å². The molecular formula is C21H16N4O2. The highest BCUT2D eigenvalue weighted by atomic mass is 16.2. The zero-order chi connectivity index (χ0) is 19.1. The van der Waals surface area contributed by atoms with E-state index in [0.717, 1.165) is 16.5 Å². The number of hydrogen-bond acceptors (Lipinski definition) is 5. The number of pyridine rings is 1. The number of imide groups is 1. The van der Waals surface area contributed by atoms with Crippen molar-refractivity contribution >= 4 is 28.4 Å². The topological polar surface area (TPSA) is 94.9 Å². The molecule has 3 rings (SSSR count). The number of carbonyl (C=O) groups is 2. The number of hydrogen-bond donors (Lipinski definition) is 2. The monoisotopic (exact) mass is 356 g/mol. The largest absolute Gasteiger partial charge is 0.359 e. The maximum Gasteiger partial charge on any atom is 0.270 e. The molecule has 0 spiro atoms. The molecule has 6 heteroatoms. The molecule has 0 saturated carbocycles. The quantitative estimate of drug-likeness (QED) is 0.541. The van der Waals surface area contributed by atoms with Crippen LogP contribution in [0.25, 0.3) is 10.9 Å². The number of anilines is 1. The number of amides is 2. The third-order valence-electron chi connectivity index (χ3n) is 3.80. The molecule has 27 heavy (non-hydrogen) atoms. The Balaban J connectivity index is 1.65. The van der Waals surface area contributed by atoms with Crippen molar-refractivity contribution in [3.05, 3.63) is 84.2 Å². The second kappa shape index (κ2) is 8.41. The van der Waals surface area contributed by atoms with Crippen molar-refractivity contribution in [1.82, 2.24) is 10.3 Å². The molecule has 0 radical (unpaired) electrons. The van der Waals surface area contributed by atoms with Crippen molar-refractivity contribution in [2.24, 2.45) is 0 Å². The van der Waals surface area contributed by atoms with Gasteiger partial charge in [0.1, 0.15) is 11.6 Å². The minimum Gasteiger partial charge on any atom is -0.359 e. The molecular weight excluding hydrogens is 340 g/mol. The lowest BCUT2D eigenvalue weighted by Gasteiger charge is -2.05. The van der Waals surface area contributed by atoms with E-state index < -0.39 is 11.8 Å². The summed E-state index contributed by atoms with van der Waals surface area (Å²) in [5.41, 5.74) is 2.05. The first-order valence-corrected chi connectivity index (χ1v) is 8.25. The first-order valence-electron chi connectivity index (χ1n) is 8.25. The smallest absolute Gasteiger partial charge is 0.270 e. The molecule has 2 N–H and O–H groups in total. The fourth-order valence-corrected chi connectivity index (χ4v) is 2.47. The number of benzene rings is 2. The number of para-hydroxylation sites is 1. The van der Waals surface area contributed by atoms with Crippen LogP contribution in [0.15, 0.2) is 78.6 Å². The van der Waals surface area contributed by atoms with Crippen LogP contribution in [-0.2, 0) is 16.0 Å². The molecule has 2 aromatic carbocycles. The SMILES string of the molecule is N#CC(=CNc1cnc2ccccc2c1)C(=O)NC(=O)Cc1ccccc1. The van der Waals surface area contributed by atoms with Gasteiger partial charge in [0.15, 0.2) is 0 Å². The minimum absolute atomic E-state index is 0.0628. The number of aromatic nitrogens is 1. The van der Waals surface area contributed by atoms with E-state index in [-0.39, 0.29) is 12.0 Å². The van der Waals surface area contributed by atoms with Gasteiger partial charge in [-0.3, -0.25) is 19.9 Å². The molecule has 0 fully saturated rings. The summed E-state index contributed by atoms with van der Waals surface area (Å²) in [5, 5.41) is 15.2. The van der Waals surface area contributed by atoms with E-state index in [1.807, 2.05) is 48.5 Å². The van der Waals surface area contributed by atoms with E-state index in [1.165, 1.54) is 6.20 Å². The first-order chi connectivity index (χ1) is 13.2. The fraction of sp³-hybridized carbons (Fsp3) is 0.0476. The molecule has 0 unspecified atom stereocenters. The summed E-state index contributed by atoms with van der Waals surface area (Å²) in [6.45, 7) is 0. The van der Waals surface area contributed by atoms with Gasteiger partial charge in [-0.2, -0.15) is 5.26 Å². The van der Waals surface area contributed by atoms with Gasteiger partial charge in [-0.05, 0) is 17.7 Å². The van der Waals surface area contributed by atoms with Crippen LogP contribution in [0.5, 0.6) is 0 Å². The molecule has 0 aliphatic rings. The van der Waals surface area contributed by atoms with Crippen molar-refractivity contribution in [2.75, 3.05) is 5.32 Å². The van der Waals surface area contributed by atoms with Gasteiger partial charge in [0.05, 0.1) is 23.8 Å². The molecule has 0 aliphatic carbocycles. The molecule has 6 nitrogen and oxygen atoms in total. The van der Waals surface area contributed by atoms with Gasteiger partial charge >= 0.3 is 0 Å². The average Bonchev–Trinajstić information content (AvgIpc) is 2.69. The second-order valence-corrected chi connectivity index (χ2v) is 5.77. The van der Waals surface area contributed by atoms with Crippen molar-refractivity contribution < 1.29 is 9.59 Å². The Morgan fingerprint density at radius 2 is 1.81 bits per heavy atom. The summed E-state index contributed by atoms with van der Waals surface area (Å²) < 4.78 is 0. The summed E-state index contributed by atoms with van der Waals surface area (Å²) in [6, 6.07) is 20.3. The number of fused-ring (bicyclic) bond motifs is 1. The molecule has 0 saturated heterocycles. The van der Waals surface area contributed by atoms with E-state index in [9.17, 15) is 14.9 Å². The highest BCUT2D eigenvalue weighted by Gasteiger charge is 2.13. The lowest BCUT2D eigenvalue weighted by Crippen LogP contribution is -2.32. The number of nitrogens with one attached hydrogen (secondary N) is 2. The lowest BCUT2D eigenvalue weighted by molar-refractivity contribution is -0.127. The van der Waals surface area contributed by atoms with Crippen LogP contribution in [0.3, 0.4) is 0 Å². The van der Waals surface area contributed by atoms with Crippen molar-refractivity contribution in [3.8, 4) is 6.07 Å². The van der Waals surface area contributed by atoms with Gasteiger partial charge in [0.25, 0.3) is 5.91 Å². The summed E-state index contributed by atoms with van der Waals surface area (Å²) in [4.78, 5) is 28.4. The van der Waals surface area contributed by atoms with Gasteiger partial charge in [-0.25, -0.2) is 0 Å². The van der Waals surface area contributed by atoms with Crippen LogP contribution in [0.1, 0.15) is 5.56 Å². The van der Waals surface area contributed by atoms with E-state index in [1.54, 1.807) is 24.4 Å². The summed E-state index contributed by atoms with van der Waals surface area (Å²) in [7, 11) is 0. The predicted octanol–water partition coefficient (Wildman–Crippen LogP) is 2.94. The third-order valence-corrected chi connectivity index (χ3v) is 3.80. The van der Waals surface area contributed by atoms with Crippen LogP contribution in [-0.4, -0.2) is 16.8 Å². The van der Waals surface area contributed by atoms with Crippen molar-refractivity contribution in [3.63, 3.8) is 0 Å². The number of nitriles is 1. The Morgan fingerprint density at radius 1 is 1.07 bits per heavy atom. The van der Waals surface area contributed by atoms with E-state index >= 15 is 0 Å². The number of carbonyl (C=O) groups excluding carboxylic acids is 2. The molecule has 2 amide bonds. The zero-order valence-corrected chi connectivity index (χ0v) is 14.3. The van der Waals surface area contributed by atoms with E-state index in [4.69, 9.17) is 0 Å². The molecule has 1 heterocycles. The van der Waals surface area contributed by atoms with Gasteiger partial charge in [-0.15, -0.1) is 0 Å². The fourth-order valence-electron chi connectivity index (χ4n) is 2.47. The van der Waals surface area contributed by atoms with Crippen LogP contribution < -0.4 is 10.6 Å². The number of rotatable bonds is 5. The average molecular weight is 356 g/mol. The highest BCUT2D eigenvalue weighted by molar-refractivity contribution is 6.07. The first kappa shape index (κ1) is 17.8.